The van der Waals surface area contributed by atoms with Crippen LogP contribution in [0.5, 0.6) is 0 Å². The molecule has 0 spiro atoms. The maximum Gasteiger partial charge on any atom is 0.224 e. The first-order chi connectivity index (χ1) is 8.67. The van der Waals surface area contributed by atoms with Gasteiger partial charge < -0.3 is 16.4 Å². The van der Waals surface area contributed by atoms with Gasteiger partial charge in [0.1, 0.15) is 0 Å². The monoisotopic (exact) mass is 247 g/mol. The van der Waals surface area contributed by atoms with Crippen LogP contribution in [0.3, 0.4) is 0 Å². The highest BCUT2D eigenvalue weighted by molar-refractivity contribution is 5.83. The summed E-state index contributed by atoms with van der Waals surface area (Å²) in [4.78, 5) is 22.7. The van der Waals surface area contributed by atoms with Crippen molar-refractivity contribution in [3.63, 3.8) is 0 Å². The lowest BCUT2D eigenvalue weighted by molar-refractivity contribution is -0.121. The summed E-state index contributed by atoms with van der Waals surface area (Å²) in [5, 5.41) is 5.53. The van der Waals surface area contributed by atoms with Crippen LogP contribution in [0.1, 0.15) is 17.5 Å². The molecule has 2 amide bonds. The quantitative estimate of drug-likeness (QED) is 0.682. The van der Waals surface area contributed by atoms with Gasteiger partial charge in [-0.15, -0.1) is 0 Å². The maximum absolute atomic E-state index is 11.8. The van der Waals surface area contributed by atoms with E-state index in [1.54, 1.807) is 0 Å². The van der Waals surface area contributed by atoms with Gasteiger partial charge in [0.05, 0.1) is 12.5 Å². The molecule has 0 bridgehead atoms. The summed E-state index contributed by atoms with van der Waals surface area (Å²) in [6.45, 7) is 1.03. The molecule has 1 fully saturated rings. The number of benzene rings is 1. The van der Waals surface area contributed by atoms with E-state index in [1.807, 2.05) is 24.3 Å². The van der Waals surface area contributed by atoms with Gasteiger partial charge in [0, 0.05) is 19.5 Å². The summed E-state index contributed by atoms with van der Waals surface area (Å²) in [5.41, 5.74) is 7.50. The number of carbonyl (C=O) groups excluding carboxylic acids is 2. The van der Waals surface area contributed by atoms with Crippen molar-refractivity contribution in [3.05, 3.63) is 35.4 Å². The molecule has 1 unspecified atom stereocenters. The fourth-order valence-corrected chi connectivity index (χ4v) is 1.96. The van der Waals surface area contributed by atoms with E-state index in [4.69, 9.17) is 5.73 Å². The predicted molar refractivity (Wildman–Crippen MR) is 67.6 cm³/mol. The SMILES string of the molecule is NCc1ccc(CC(=O)NC2CNC(=O)C2)cc1. The molecule has 0 saturated carbocycles. The van der Waals surface area contributed by atoms with Crippen molar-refractivity contribution in [3.8, 4) is 0 Å². The van der Waals surface area contributed by atoms with Crippen molar-refractivity contribution in [2.75, 3.05) is 6.54 Å². The molecule has 1 aromatic rings. The zero-order valence-electron chi connectivity index (χ0n) is 10.1. The Morgan fingerprint density at radius 3 is 2.56 bits per heavy atom. The molecule has 5 nitrogen and oxygen atoms in total. The average Bonchev–Trinajstić information content (AvgIpc) is 2.75. The lowest BCUT2D eigenvalue weighted by Crippen LogP contribution is -2.37. The standard InChI is InChI=1S/C13H17N3O2/c14-7-10-3-1-9(2-4-10)5-13(18)16-11-6-12(17)15-8-11/h1-4,11H,5-8,14H2,(H,15,17)(H,16,18). The maximum atomic E-state index is 11.8. The zero-order valence-corrected chi connectivity index (χ0v) is 10.1. The van der Waals surface area contributed by atoms with E-state index in [0.29, 0.717) is 25.9 Å². The van der Waals surface area contributed by atoms with Crippen LogP contribution in [-0.2, 0) is 22.6 Å². The van der Waals surface area contributed by atoms with Crippen molar-refractivity contribution < 1.29 is 9.59 Å². The Balaban J connectivity index is 1.84. The van der Waals surface area contributed by atoms with E-state index < -0.39 is 0 Å². The number of nitrogens with one attached hydrogen (secondary N) is 2. The molecular formula is C13H17N3O2. The molecule has 4 N–H and O–H groups in total. The van der Waals surface area contributed by atoms with Crippen LogP contribution in [0.4, 0.5) is 0 Å². The molecule has 2 rings (SSSR count). The van der Waals surface area contributed by atoms with Crippen LogP contribution in [-0.4, -0.2) is 24.4 Å². The summed E-state index contributed by atoms with van der Waals surface area (Å²) in [6.07, 6.45) is 0.702. The van der Waals surface area contributed by atoms with Gasteiger partial charge >= 0.3 is 0 Å². The Morgan fingerprint density at radius 1 is 1.33 bits per heavy atom. The molecule has 1 saturated heterocycles. The van der Waals surface area contributed by atoms with E-state index >= 15 is 0 Å². The van der Waals surface area contributed by atoms with Crippen molar-refractivity contribution in [2.24, 2.45) is 5.73 Å². The Hall–Kier alpha value is -1.88. The molecule has 1 aliphatic heterocycles. The summed E-state index contributed by atoms with van der Waals surface area (Å²) in [6, 6.07) is 7.57. The normalized spacial score (nSPS) is 18.5. The van der Waals surface area contributed by atoms with Crippen LogP contribution in [0, 0.1) is 0 Å². The largest absolute Gasteiger partial charge is 0.354 e. The van der Waals surface area contributed by atoms with E-state index in [-0.39, 0.29) is 17.9 Å². The third kappa shape index (κ3) is 3.30. The molecule has 18 heavy (non-hydrogen) atoms. The van der Waals surface area contributed by atoms with Crippen LogP contribution in [0.2, 0.25) is 0 Å². The number of hydrogen-bond donors (Lipinski definition) is 3. The van der Waals surface area contributed by atoms with Gasteiger partial charge in [-0.1, -0.05) is 24.3 Å². The van der Waals surface area contributed by atoms with Crippen LogP contribution < -0.4 is 16.4 Å². The lowest BCUT2D eigenvalue weighted by Gasteiger charge is -2.10. The van der Waals surface area contributed by atoms with E-state index in [2.05, 4.69) is 10.6 Å². The molecule has 5 heteroatoms. The Morgan fingerprint density at radius 2 is 2.00 bits per heavy atom. The second-order valence-corrected chi connectivity index (χ2v) is 4.47. The first kappa shape index (κ1) is 12.6. The number of rotatable bonds is 4. The third-order valence-electron chi connectivity index (χ3n) is 2.97. The first-order valence-corrected chi connectivity index (χ1v) is 6.01. The number of carbonyl (C=O) groups is 2. The first-order valence-electron chi connectivity index (χ1n) is 6.01. The molecule has 1 aliphatic rings. The van der Waals surface area contributed by atoms with Gasteiger partial charge in [0.15, 0.2) is 0 Å². The second-order valence-electron chi connectivity index (χ2n) is 4.47. The van der Waals surface area contributed by atoms with Crippen molar-refractivity contribution in [1.29, 1.82) is 0 Å². The predicted octanol–water partition coefficient (Wildman–Crippen LogP) is -0.307. The lowest BCUT2D eigenvalue weighted by atomic mass is 10.1. The highest BCUT2D eigenvalue weighted by atomic mass is 16.2. The van der Waals surface area contributed by atoms with E-state index in [9.17, 15) is 9.59 Å². The summed E-state index contributed by atoms with van der Waals surface area (Å²) >= 11 is 0. The molecule has 0 radical (unpaired) electrons. The molecular weight excluding hydrogens is 230 g/mol. The van der Waals surface area contributed by atoms with Crippen molar-refractivity contribution >= 4 is 11.8 Å². The number of hydrogen-bond acceptors (Lipinski definition) is 3. The third-order valence-corrected chi connectivity index (χ3v) is 2.97. The highest BCUT2D eigenvalue weighted by Crippen LogP contribution is 2.05. The Labute approximate surface area is 106 Å². The van der Waals surface area contributed by atoms with Crippen LogP contribution in [0.15, 0.2) is 24.3 Å². The van der Waals surface area contributed by atoms with Crippen LogP contribution in [0.25, 0.3) is 0 Å². The van der Waals surface area contributed by atoms with Gasteiger partial charge in [-0.2, -0.15) is 0 Å². The molecule has 1 aromatic carbocycles. The smallest absolute Gasteiger partial charge is 0.224 e. The number of nitrogens with two attached hydrogens (primary N) is 1. The molecule has 96 valence electrons. The van der Waals surface area contributed by atoms with Gasteiger partial charge in [0.2, 0.25) is 11.8 Å². The van der Waals surface area contributed by atoms with Crippen molar-refractivity contribution in [1.82, 2.24) is 10.6 Å². The molecule has 1 heterocycles. The minimum absolute atomic E-state index is 0.00685. The van der Waals surface area contributed by atoms with Gasteiger partial charge in [-0.25, -0.2) is 0 Å². The van der Waals surface area contributed by atoms with E-state index in [0.717, 1.165) is 11.1 Å². The van der Waals surface area contributed by atoms with Gasteiger partial charge in [-0.05, 0) is 11.1 Å². The summed E-state index contributed by atoms with van der Waals surface area (Å²) < 4.78 is 0. The Bertz CT molecular complexity index is 442. The summed E-state index contributed by atoms with van der Waals surface area (Å²) in [5.74, 6) is -0.0652. The number of amides is 2. The summed E-state index contributed by atoms with van der Waals surface area (Å²) in [7, 11) is 0. The van der Waals surface area contributed by atoms with Crippen molar-refractivity contribution in [2.45, 2.75) is 25.4 Å². The topological polar surface area (TPSA) is 84.2 Å². The van der Waals surface area contributed by atoms with Gasteiger partial charge in [-0.3, -0.25) is 9.59 Å². The zero-order chi connectivity index (χ0) is 13.0. The van der Waals surface area contributed by atoms with Gasteiger partial charge in [0.25, 0.3) is 0 Å². The minimum Gasteiger partial charge on any atom is -0.354 e. The fourth-order valence-electron chi connectivity index (χ4n) is 1.96. The fraction of sp³-hybridized carbons (Fsp3) is 0.385. The van der Waals surface area contributed by atoms with E-state index in [1.165, 1.54) is 0 Å². The molecule has 0 aliphatic carbocycles. The second kappa shape index (κ2) is 5.64. The average molecular weight is 247 g/mol. The molecule has 1 atom stereocenters. The van der Waals surface area contributed by atoms with Crippen LogP contribution >= 0.6 is 0 Å². The highest BCUT2D eigenvalue weighted by Gasteiger charge is 2.22. The minimum atomic E-state index is -0.0756. The Kier molecular flexibility index (Phi) is 3.94. The molecule has 0 aromatic heterocycles.